The van der Waals surface area contributed by atoms with Gasteiger partial charge in [-0.25, -0.2) is 4.79 Å². The van der Waals surface area contributed by atoms with E-state index in [-0.39, 0.29) is 6.10 Å². The summed E-state index contributed by atoms with van der Waals surface area (Å²) in [6.07, 6.45) is 3.66. The van der Waals surface area contributed by atoms with Crippen molar-refractivity contribution in [3.8, 4) is 0 Å². The van der Waals surface area contributed by atoms with Gasteiger partial charge in [0.2, 0.25) is 0 Å². The molecule has 1 aliphatic rings. The Kier molecular flexibility index (Phi) is 3.20. The third-order valence-electron chi connectivity index (χ3n) is 1.74. The SMILES string of the molecule is CCCOC(=O)OC1CCC1. The predicted octanol–water partition coefficient (Wildman–Crippen LogP) is 2.10. The van der Waals surface area contributed by atoms with Gasteiger partial charge in [-0.2, -0.15) is 0 Å². The van der Waals surface area contributed by atoms with E-state index in [1.807, 2.05) is 6.92 Å². The zero-order valence-corrected chi connectivity index (χ0v) is 6.84. The van der Waals surface area contributed by atoms with Crippen molar-refractivity contribution in [1.82, 2.24) is 0 Å². The first kappa shape index (κ1) is 8.37. The van der Waals surface area contributed by atoms with Crippen LogP contribution >= 0.6 is 0 Å². The third kappa shape index (κ3) is 2.78. The average molecular weight is 158 g/mol. The molecule has 11 heavy (non-hydrogen) atoms. The fourth-order valence-electron chi connectivity index (χ4n) is 0.844. The summed E-state index contributed by atoms with van der Waals surface area (Å²) in [6.45, 7) is 2.42. The van der Waals surface area contributed by atoms with Crippen molar-refractivity contribution in [2.24, 2.45) is 0 Å². The van der Waals surface area contributed by atoms with Gasteiger partial charge in [0.25, 0.3) is 0 Å². The number of ether oxygens (including phenoxy) is 2. The Bertz CT molecular complexity index is 129. The van der Waals surface area contributed by atoms with Crippen LogP contribution in [0.4, 0.5) is 4.79 Å². The number of rotatable bonds is 3. The molecule has 0 aliphatic heterocycles. The molecule has 1 aliphatic carbocycles. The number of hydrogen-bond acceptors (Lipinski definition) is 3. The predicted molar refractivity (Wildman–Crippen MR) is 40.4 cm³/mol. The van der Waals surface area contributed by atoms with Crippen LogP contribution in [-0.2, 0) is 9.47 Å². The van der Waals surface area contributed by atoms with Gasteiger partial charge in [0, 0.05) is 0 Å². The third-order valence-corrected chi connectivity index (χ3v) is 1.74. The summed E-state index contributed by atoms with van der Waals surface area (Å²) < 4.78 is 9.66. The summed E-state index contributed by atoms with van der Waals surface area (Å²) in [5, 5.41) is 0. The molecule has 0 bridgehead atoms. The molecule has 0 aromatic heterocycles. The summed E-state index contributed by atoms with van der Waals surface area (Å²) in [5.41, 5.74) is 0. The van der Waals surface area contributed by atoms with Gasteiger partial charge in [0.05, 0.1) is 6.61 Å². The molecule has 0 unspecified atom stereocenters. The molecule has 1 fully saturated rings. The normalized spacial score (nSPS) is 17.2. The topological polar surface area (TPSA) is 35.5 Å². The van der Waals surface area contributed by atoms with Crippen molar-refractivity contribution >= 4 is 6.16 Å². The van der Waals surface area contributed by atoms with Crippen LogP contribution in [0.2, 0.25) is 0 Å². The molecule has 0 aromatic rings. The minimum atomic E-state index is -0.503. The number of carbonyl (C=O) groups is 1. The first-order valence-electron chi connectivity index (χ1n) is 4.16. The van der Waals surface area contributed by atoms with E-state index in [9.17, 15) is 4.79 Å². The van der Waals surface area contributed by atoms with Gasteiger partial charge in [-0.05, 0) is 25.7 Å². The average Bonchev–Trinajstić information content (AvgIpc) is 1.93. The van der Waals surface area contributed by atoms with E-state index in [0.29, 0.717) is 6.61 Å². The Morgan fingerprint density at radius 2 is 2.27 bits per heavy atom. The van der Waals surface area contributed by atoms with E-state index in [1.165, 1.54) is 6.42 Å². The highest BCUT2D eigenvalue weighted by Gasteiger charge is 2.21. The second-order valence-electron chi connectivity index (χ2n) is 2.77. The quantitative estimate of drug-likeness (QED) is 0.590. The van der Waals surface area contributed by atoms with Gasteiger partial charge in [-0.3, -0.25) is 0 Å². The molecule has 0 radical (unpaired) electrons. The molecule has 0 amide bonds. The van der Waals surface area contributed by atoms with Gasteiger partial charge >= 0.3 is 6.16 Å². The van der Waals surface area contributed by atoms with E-state index in [2.05, 4.69) is 0 Å². The monoisotopic (exact) mass is 158 g/mol. The van der Waals surface area contributed by atoms with Crippen molar-refractivity contribution < 1.29 is 14.3 Å². The van der Waals surface area contributed by atoms with Crippen LogP contribution in [-0.4, -0.2) is 18.9 Å². The molecule has 3 heteroatoms. The molecule has 1 rings (SSSR count). The lowest BCUT2D eigenvalue weighted by atomic mass is 9.96. The molecular formula is C8H14O3. The van der Waals surface area contributed by atoms with Crippen molar-refractivity contribution in [3.05, 3.63) is 0 Å². The fourth-order valence-corrected chi connectivity index (χ4v) is 0.844. The van der Waals surface area contributed by atoms with Gasteiger partial charge in [0.1, 0.15) is 6.10 Å². The standard InChI is InChI=1S/C8H14O3/c1-2-6-10-8(9)11-7-4-3-5-7/h7H,2-6H2,1H3. The highest BCUT2D eigenvalue weighted by Crippen LogP contribution is 2.22. The molecule has 0 saturated heterocycles. The lowest BCUT2D eigenvalue weighted by Gasteiger charge is -2.24. The minimum absolute atomic E-state index is 0.138. The Morgan fingerprint density at radius 3 is 2.73 bits per heavy atom. The van der Waals surface area contributed by atoms with Crippen LogP contribution in [0.15, 0.2) is 0 Å². The van der Waals surface area contributed by atoms with Gasteiger partial charge in [0.15, 0.2) is 0 Å². The second kappa shape index (κ2) is 4.21. The van der Waals surface area contributed by atoms with Crippen LogP contribution in [0.25, 0.3) is 0 Å². The van der Waals surface area contributed by atoms with Gasteiger partial charge in [-0.15, -0.1) is 0 Å². The highest BCUT2D eigenvalue weighted by molar-refractivity contribution is 5.60. The zero-order valence-electron chi connectivity index (χ0n) is 6.84. The van der Waals surface area contributed by atoms with Crippen LogP contribution in [0.1, 0.15) is 32.6 Å². The summed E-state index contributed by atoms with van der Waals surface area (Å²) in [6, 6.07) is 0. The first-order valence-corrected chi connectivity index (χ1v) is 4.16. The molecule has 64 valence electrons. The largest absolute Gasteiger partial charge is 0.508 e. The van der Waals surface area contributed by atoms with Gasteiger partial charge in [-0.1, -0.05) is 6.92 Å². The summed E-state index contributed by atoms with van der Waals surface area (Å²) in [7, 11) is 0. The Balaban J connectivity index is 2.00. The van der Waals surface area contributed by atoms with E-state index < -0.39 is 6.16 Å². The van der Waals surface area contributed by atoms with Crippen molar-refractivity contribution in [3.63, 3.8) is 0 Å². The lowest BCUT2D eigenvalue weighted by Crippen LogP contribution is -2.25. The van der Waals surface area contributed by atoms with E-state index in [4.69, 9.17) is 9.47 Å². The Labute approximate surface area is 66.7 Å². The fraction of sp³-hybridized carbons (Fsp3) is 0.875. The Hall–Kier alpha value is -0.730. The van der Waals surface area contributed by atoms with Crippen LogP contribution in [0, 0.1) is 0 Å². The van der Waals surface area contributed by atoms with Crippen molar-refractivity contribution in [1.29, 1.82) is 0 Å². The van der Waals surface area contributed by atoms with E-state index in [1.54, 1.807) is 0 Å². The summed E-state index contributed by atoms with van der Waals surface area (Å²) in [4.78, 5) is 10.8. The smallest absolute Gasteiger partial charge is 0.434 e. The van der Waals surface area contributed by atoms with Crippen LogP contribution in [0.3, 0.4) is 0 Å². The molecule has 0 aromatic carbocycles. The maximum absolute atomic E-state index is 10.8. The lowest BCUT2D eigenvalue weighted by molar-refractivity contribution is -0.00373. The molecule has 0 spiro atoms. The maximum Gasteiger partial charge on any atom is 0.508 e. The second-order valence-corrected chi connectivity index (χ2v) is 2.77. The van der Waals surface area contributed by atoms with E-state index >= 15 is 0 Å². The Morgan fingerprint density at radius 1 is 1.55 bits per heavy atom. The van der Waals surface area contributed by atoms with Crippen LogP contribution in [0.5, 0.6) is 0 Å². The molecule has 3 nitrogen and oxygen atoms in total. The minimum Gasteiger partial charge on any atom is -0.434 e. The number of carbonyl (C=O) groups excluding carboxylic acids is 1. The molecule has 0 atom stereocenters. The molecule has 1 saturated carbocycles. The summed E-state index contributed by atoms with van der Waals surface area (Å²) >= 11 is 0. The molecule has 0 heterocycles. The van der Waals surface area contributed by atoms with Crippen molar-refractivity contribution in [2.45, 2.75) is 38.7 Å². The van der Waals surface area contributed by atoms with Gasteiger partial charge < -0.3 is 9.47 Å². The number of hydrogen-bond donors (Lipinski definition) is 0. The molecule has 0 N–H and O–H groups in total. The summed E-state index contributed by atoms with van der Waals surface area (Å²) in [5.74, 6) is 0. The van der Waals surface area contributed by atoms with E-state index in [0.717, 1.165) is 19.3 Å². The van der Waals surface area contributed by atoms with Crippen molar-refractivity contribution in [2.75, 3.05) is 6.61 Å². The maximum atomic E-state index is 10.8. The highest BCUT2D eigenvalue weighted by atomic mass is 16.7. The first-order chi connectivity index (χ1) is 5.33. The van der Waals surface area contributed by atoms with Crippen LogP contribution < -0.4 is 0 Å². The zero-order chi connectivity index (χ0) is 8.10. The molecular weight excluding hydrogens is 144 g/mol.